The van der Waals surface area contributed by atoms with E-state index in [1.165, 1.54) is 7.11 Å². The van der Waals surface area contributed by atoms with Crippen LogP contribution in [0.15, 0.2) is 36.5 Å². The Bertz CT molecular complexity index is 850. The molecule has 0 unspecified atom stereocenters. The van der Waals surface area contributed by atoms with Gasteiger partial charge in [0.15, 0.2) is 0 Å². The lowest BCUT2D eigenvalue weighted by Gasteiger charge is -2.12. The third-order valence-corrected chi connectivity index (χ3v) is 3.54. The summed E-state index contributed by atoms with van der Waals surface area (Å²) in [6, 6.07) is 9.60. The van der Waals surface area contributed by atoms with E-state index >= 15 is 0 Å². The fraction of sp³-hybridized carbons (Fsp3) is 0.409. The van der Waals surface area contributed by atoms with Crippen LogP contribution in [0.1, 0.15) is 41.5 Å². The zero-order valence-electron chi connectivity index (χ0n) is 19.2. The topological polar surface area (TPSA) is 118 Å². The number of nitrogens with zero attached hydrogens (tertiary/aromatic N) is 2. The van der Waals surface area contributed by atoms with Gasteiger partial charge in [-0.05, 0) is 12.1 Å². The smallest absolute Gasteiger partial charge is 0.406 e. The molecule has 0 radical (unpaired) electrons. The van der Waals surface area contributed by atoms with Crippen LogP contribution in [0.4, 0.5) is 16.3 Å². The third-order valence-electron chi connectivity index (χ3n) is 3.54. The molecular weight excluding hydrogens is 380 g/mol. The number of pyridine rings is 1. The Hall–Kier alpha value is -3.29. The minimum absolute atomic E-state index is 0.424. The molecule has 8 heteroatoms. The van der Waals surface area contributed by atoms with E-state index in [1.807, 2.05) is 65.8 Å². The number of methoxy groups -OCH3 is 1. The number of amides is 1. The maximum absolute atomic E-state index is 11.0. The molecule has 2 heterocycles. The van der Waals surface area contributed by atoms with E-state index in [1.54, 1.807) is 12.3 Å². The molecule has 1 aromatic carbocycles. The van der Waals surface area contributed by atoms with Crippen molar-refractivity contribution in [1.82, 2.24) is 20.5 Å². The number of nitrogen functional groups attached to an aromatic ring is 1. The molecule has 166 valence electrons. The van der Waals surface area contributed by atoms with Crippen molar-refractivity contribution in [3.05, 3.63) is 36.5 Å². The molecule has 0 atom stereocenters. The van der Waals surface area contributed by atoms with Crippen molar-refractivity contribution in [3.8, 4) is 11.3 Å². The van der Waals surface area contributed by atoms with Crippen LogP contribution in [0.3, 0.4) is 0 Å². The highest BCUT2D eigenvalue weighted by Gasteiger charge is 2.07. The lowest BCUT2D eigenvalue weighted by Crippen LogP contribution is -2.28. The van der Waals surface area contributed by atoms with E-state index in [-0.39, 0.29) is 0 Å². The second-order valence-corrected chi connectivity index (χ2v) is 5.14. The van der Waals surface area contributed by atoms with Crippen LogP contribution in [-0.2, 0) is 4.74 Å². The van der Waals surface area contributed by atoms with Gasteiger partial charge in [-0.2, -0.15) is 5.10 Å². The number of nitrogens with two attached hydrogens (primary N) is 1. The monoisotopic (exact) mass is 416 g/mol. The van der Waals surface area contributed by atoms with Gasteiger partial charge >= 0.3 is 6.09 Å². The number of alkyl carbamates (subject to hydrolysis) is 1. The highest BCUT2D eigenvalue weighted by Crippen LogP contribution is 2.28. The number of fused-ring (bicyclic) bond motifs is 1. The second kappa shape index (κ2) is 15.6. The Labute approximate surface area is 179 Å². The van der Waals surface area contributed by atoms with Crippen molar-refractivity contribution in [2.75, 3.05) is 31.2 Å². The first-order chi connectivity index (χ1) is 14.7. The average molecular weight is 417 g/mol. The minimum atomic E-state index is -0.458. The van der Waals surface area contributed by atoms with E-state index in [9.17, 15) is 4.79 Å². The maximum Gasteiger partial charge on any atom is 0.406 e. The van der Waals surface area contributed by atoms with E-state index in [0.29, 0.717) is 18.9 Å². The van der Waals surface area contributed by atoms with Gasteiger partial charge in [0.1, 0.15) is 5.82 Å². The maximum atomic E-state index is 11.0. The van der Waals surface area contributed by atoms with Crippen LogP contribution in [0.5, 0.6) is 0 Å². The number of aromatic nitrogens is 3. The van der Waals surface area contributed by atoms with E-state index in [0.717, 1.165) is 27.8 Å². The van der Waals surface area contributed by atoms with Crippen LogP contribution in [0.2, 0.25) is 0 Å². The van der Waals surface area contributed by atoms with E-state index in [4.69, 9.17) is 5.73 Å². The van der Waals surface area contributed by atoms with Crippen LogP contribution in [0.25, 0.3) is 22.2 Å². The molecule has 3 rings (SSSR count). The molecule has 5 N–H and O–H groups in total. The zero-order chi connectivity index (χ0) is 22.9. The standard InChI is InChI=1S/C16H18N6O2.3C2H6/c1-24-16(23)19-7-6-18-13-9-15(17)21-14-8-10(2-3-11(13)14)12-4-5-20-22-12;3*1-2/h2-5,8-9H,6-7H2,1H3,(H,19,23)(H,20,22)(H3,17,18,21);3*1-2H3. The van der Waals surface area contributed by atoms with Gasteiger partial charge in [-0.25, -0.2) is 9.78 Å². The normalized spacial score (nSPS) is 9.03. The molecule has 0 saturated carbocycles. The number of anilines is 2. The van der Waals surface area contributed by atoms with Crippen LogP contribution < -0.4 is 16.4 Å². The van der Waals surface area contributed by atoms with Crippen LogP contribution in [0, 0.1) is 0 Å². The Morgan fingerprint density at radius 2 is 1.77 bits per heavy atom. The van der Waals surface area contributed by atoms with Crippen molar-refractivity contribution in [3.63, 3.8) is 0 Å². The number of carbonyl (C=O) groups excluding carboxylic acids is 1. The summed E-state index contributed by atoms with van der Waals surface area (Å²) in [6.07, 6.45) is 1.24. The summed E-state index contributed by atoms with van der Waals surface area (Å²) >= 11 is 0. The molecule has 0 aliphatic rings. The zero-order valence-corrected chi connectivity index (χ0v) is 19.2. The highest BCUT2D eigenvalue weighted by atomic mass is 16.5. The molecule has 1 amide bonds. The number of nitrogens with one attached hydrogen (secondary N) is 3. The summed E-state index contributed by atoms with van der Waals surface area (Å²) in [6.45, 7) is 13.0. The van der Waals surface area contributed by atoms with Gasteiger partial charge in [0.25, 0.3) is 0 Å². The predicted octanol–water partition coefficient (Wildman–Crippen LogP) is 5.05. The highest BCUT2D eigenvalue weighted by molar-refractivity contribution is 5.95. The number of hydrogen-bond donors (Lipinski definition) is 4. The summed E-state index contributed by atoms with van der Waals surface area (Å²) in [7, 11) is 1.33. The van der Waals surface area contributed by atoms with Crippen molar-refractivity contribution in [2.45, 2.75) is 41.5 Å². The Kier molecular flexibility index (Phi) is 13.9. The van der Waals surface area contributed by atoms with Gasteiger partial charge in [-0.1, -0.05) is 53.7 Å². The molecule has 0 aliphatic heterocycles. The summed E-state index contributed by atoms with van der Waals surface area (Å²) in [5.41, 5.74) is 9.45. The predicted molar refractivity (Wildman–Crippen MR) is 127 cm³/mol. The van der Waals surface area contributed by atoms with Gasteiger partial charge in [0.2, 0.25) is 0 Å². The lowest BCUT2D eigenvalue weighted by molar-refractivity contribution is 0.171. The van der Waals surface area contributed by atoms with Crippen LogP contribution in [-0.4, -0.2) is 41.5 Å². The number of hydrogen-bond acceptors (Lipinski definition) is 6. The number of aromatic amines is 1. The van der Waals surface area contributed by atoms with Gasteiger partial charge in [-0.3, -0.25) is 5.10 Å². The number of ether oxygens (including phenoxy) is 1. The molecule has 0 spiro atoms. The average Bonchev–Trinajstić information content (AvgIpc) is 3.35. The van der Waals surface area contributed by atoms with Gasteiger partial charge in [-0.15, -0.1) is 0 Å². The molecule has 8 nitrogen and oxygen atoms in total. The fourth-order valence-corrected chi connectivity index (χ4v) is 2.41. The molecular formula is C22H36N6O2. The molecule has 0 aliphatic carbocycles. The largest absolute Gasteiger partial charge is 0.453 e. The molecule has 2 aromatic heterocycles. The summed E-state index contributed by atoms with van der Waals surface area (Å²) in [4.78, 5) is 15.4. The summed E-state index contributed by atoms with van der Waals surface area (Å²) in [5, 5.41) is 13.7. The van der Waals surface area contributed by atoms with Crippen molar-refractivity contribution in [2.24, 2.45) is 0 Å². The quantitative estimate of drug-likeness (QED) is 0.432. The molecule has 0 saturated heterocycles. The first kappa shape index (κ1) is 26.7. The Balaban J connectivity index is 0.00000129. The third kappa shape index (κ3) is 7.98. The fourth-order valence-electron chi connectivity index (χ4n) is 2.41. The Morgan fingerprint density at radius 1 is 1.07 bits per heavy atom. The van der Waals surface area contributed by atoms with Gasteiger partial charge in [0, 0.05) is 42.0 Å². The number of carbonyl (C=O) groups is 1. The van der Waals surface area contributed by atoms with Crippen molar-refractivity contribution < 1.29 is 9.53 Å². The Morgan fingerprint density at radius 3 is 2.37 bits per heavy atom. The minimum Gasteiger partial charge on any atom is -0.453 e. The first-order valence-corrected chi connectivity index (χ1v) is 10.4. The molecule has 3 aromatic rings. The van der Waals surface area contributed by atoms with E-state index < -0.39 is 6.09 Å². The summed E-state index contributed by atoms with van der Waals surface area (Å²) in [5.74, 6) is 0.424. The SMILES string of the molecule is CC.CC.CC.COC(=O)NCCNc1cc(N)nc2cc(-c3ccn[nH]3)ccc12. The van der Waals surface area contributed by atoms with Crippen LogP contribution >= 0.6 is 0 Å². The molecule has 0 fully saturated rings. The lowest BCUT2D eigenvalue weighted by atomic mass is 10.1. The van der Waals surface area contributed by atoms with Crippen molar-refractivity contribution >= 4 is 28.5 Å². The molecule has 0 bridgehead atoms. The molecule has 30 heavy (non-hydrogen) atoms. The van der Waals surface area contributed by atoms with Gasteiger partial charge in [0.05, 0.1) is 18.3 Å². The van der Waals surface area contributed by atoms with E-state index in [2.05, 4.69) is 30.6 Å². The number of benzene rings is 1. The number of H-pyrrole nitrogens is 1. The van der Waals surface area contributed by atoms with Gasteiger partial charge < -0.3 is 21.1 Å². The first-order valence-electron chi connectivity index (χ1n) is 10.4. The second-order valence-electron chi connectivity index (χ2n) is 5.14. The van der Waals surface area contributed by atoms with Crippen molar-refractivity contribution in [1.29, 1.82) is 0 Å². The number of rotatable bonds is 5. The summed E-state index contributed by atoms with van der Waals surface area (Å²) < 4.78 is 4.52.